The second-order valence-corrected chi connectivity index (χ2v) is 9.39. The molecule has 1 saturated carbocycles. The molecule has 0 aromatic carbocycles. The van der Waals surface area contributed by atoms with Crippen LogP contribution in [0, 0.1) is 23.7 Å². The first-order chi connectivity index (χ1) is 13.3. The van der Waals surface area contributed by atoms with Gasteiger partial charge in [-0.05, 0) is 59.8 Å². The van der Waals surface area contributed by atoms with Crippen molar-refractivity contribution in [1.82, 2.24) is 0 Å². The molecule has 29 heavy (non-hydrogen) atoms. The summed E-state index contributed by atoms with van der Waals surface area (Å²) < 4.78 is 20.5. The third-order valence-electron chi connectivity index (χ3n) is 4.51. The van der Waals surface area contributed by atoms with Crippen LogP contribution in [0.3, 0.4) is 0 Å². The summed E-state index contributed by atoms with van der Waals surface area (Å²) in [6.07, 6.45) is 4.38. The van der Waals surface area contributed by atoms with Crippen LogP contribution in [-0.4, -0.2) is 48.3 Å². The molecule has 1 fully saturated rings. The van der Waals surface area contributed by atoms with Gasteiger partial charge in [-0.2, -0.15) is 0 Å². The largest absolute Gasteiger partial charge is 0.457 e. The predicted molar refractivity (Wildman–Crippen MR) is 101 cm³/mol. The first-order valence-corrected chi connectivity index (χ1v) is 9.72. The number of ether oxygens (including phenoxy) is 4. The van der Waals surface area contributed by atoms with Gasteiger partial charge in [0.1, 0.15) is 11.2 Å². The molecule has 4 atom stereocenters. The lowest BCUT2D eigenvalue weighted by molar-refractivity contribution is -0.174. The van der Waals surface area contributed by atoms with E-state index in [0.717, 1.165) is 0 Å². The van der Waals surface area contributed by atoms with E-state index < -0.39 is 60.1 Å². The Morgan fingerprint density at radius 3 is 1.38 bits per heavy atom. The van der Waals surface area contributed by atoms with Crippen molar-refractivity contribution in [2.75, 3.05) is 13.2 Å². The van der Waals surface area contributed by atoms with Crippen LogP contribution in [0.1, 0.15) is 48.0 Å². The van der Waals surface area contributed by atoms with Crippen LogP contribution in [0.25, 0.3) is 0 Å². The Hall–Kier alpha value is -2.38. The molecule has 0 aliphatic heterocycles. The third-order valence-corrected chi connectivity index (χ3v) is 4.51. The molecule has 0 spiro atoms. The van der Waals surface area contributed by atoms with Crippen molar-refractivity contribution in [1.29, 1.82) is 0 Å². The van der Waals surface area contributed by atoms with Crippen LogP contribution in [0.2, 0.25) is 0 Å². The maximum absolute atomic E-state index is 12.6. The first-order valence-electron chi connectivity index (χ1n) is 9.72. The Morgan fingerprint density at radius 2 is 1.07 bits per heavy atom. The van der Waals surface area contributed by atoms with Gasteiger partial charge >= 0.3 is 23.9 Å². The molecule has 2 aliphatic carbocycles. The summed E-state index contributed by atoms with van der Waals surface area (Å²) in [7, 11) is 0. The van der Waals surface area contributed by atoms with Crippen LogP contribution in [0.15, 0.2) is 12.2 Å². The minimum atomic E-state index is -0.751. The summed E-state index contributed by atoms with van der Waals surface area (Å²) in [6.45, 7) is 9.23. The highest BCUT2D eigenvalue weighted by Gasteiger charge is 2.53. The SMILES string of the molecule is CC(C)(C)OC(=O)COC(=O)C1C2C=CC(C2)C1C(=O)OCC(=O)OC(C)(C)C. The topological polar surface area (TPSA) is 105 Å². The molecule has 0 saturated heterocycles. The fourth-order valence-corrected chi connectivity index (χ4v) is 3.66. The Morgan fingerprint density at radius 1 is 0.724 bits per heavy atom. The van der Waals surface area contributed by atoms with Gasteiger partial charge in [0.2, 0.25) is 0 Å². The van der Waals surface area contributed by atoms with E-state index in [1.54, 1.807) is 41.5 Å². The second kappa shape index (κ2) is 8.55. The Kier molecular flexibility index (Phi) is 6.75. The van der Waals surface area contributed by atoms with Gasteiger partial charge in [-0.15, -0.1) is 0 Å². The van der Waals surface area contributed by atoms with Crippen LogP contribution in [-0.2, 0) is 38.1 Å². The molecule has 0 radical (unpaired) electrons. The molecule has 0 aromatic rings. The quantitative estimate of drug-likeness (QED) is 0.373. The van der Waals surface area contributed by atoms with Gasteiger partial charge in [-0.1, -0.05) is 12.2 Å². The molecular formula is C21H30O8. The van der Waals surface area contributed by atoms with E-state index >= 15 is 0 Å². The normalized spacial score (nSPS) is 25.4. The number of esters is 4. The second-order valence-electron chi connectivity index (χ2n) is 9.39. The maximum Gasteiger partial charge on any atom is 0.344 e. The average Bonchev–Trinajstić information content (AvgIpc) is 3.15. The number of carbonyl (C=O) groups is 4. The Bertz CT molecular complexity index is 636. The standard InChI is InChI=1S/C21H30O8/c1-20(2,3)28-14(22)10-26-18(24)16-12-7-8-13(9-12)17(16)19(25)27-11-15(23)29-21(4,5)6/h7-8,12-13,16-17H,9-11H2,1-6H3. The third kappa shape index (κ3) is 6.58. The van der Waals surface area contributed by atoms with Crippen LogP contribution < -0.4 is 0 Å². The van der Waals surface area contributed by atoms with Gasteiger partial charge in [0.05, 0.1) is 11.8 Å². The zero-order valence-corrected chi connectivity index (χ0v) is 17.9. The lowest BCUT2D eigenvalue weighted by Gasteiger charge is -2.25. The molecule has 4 unspecified atom stereocenters. The van der Waals surface area contributed by atoms with Crippen molar-refractivity contribution >= 4 is 23.9 Å². The van der Waals surface area contributed by atoms with Gasteiger partial charge in [0.25, 0.3) is 0 Å². The molecule has 0 aromatic heterocycles. The van der Waals surface area contributed by atoms with Crippen LogP contribution in [0.5, 0.6) is 0 Å². The zero-order valence-electron chi connectivity index (χ0n) is 17.9. The van der Waals surface area contributed by atoms with Crippen molar-refractivity contribution in [2.45, 2.75) is 59.2 Å². The van der Waals surface area contributed by atoms with Gasteiger partial charge in [-0.25, -0.2) is 9.59 Å². The monoisotopic (exact) mass is 410 g/mol. The molecule has 0 heterocycles. The molecule has 162 valence electrons. The van der Waals surface area contributed by atoms with Crippen molar-refractivity contribution in [3.8, 4) is 0 Å². The number of fused-ring (bicyclic) bond motifs is 2. The molecule has 8 nitrogen and oxygen atoms in total. The zero-order chi connectivity index (χ0) is 22.0. The highest BCUT2D eigenvalue weighted by Crippen LogP contribution is 2.49. The molecule has 2 rings (SSSR count). The number of hydrogen-bond acceptors (Lipinski definition) is 8. The van der Waals surface area contributed by atoms with E-state index in [1.165, 1.54) is 0 Å². The maximum atomic E-state index is 12.6. The summed E-state index contributed by atoms with van der Waals surface area (Å²) in [5.41, 5.74) is -1.38. The van der Waals surface area contributed by atoms with Gasteiger partial charge < -0.3 is 18.9 Å². The van der Waals surface area contributed by atoms with Gasteiger partial charge in [-0.3, -0.25) is 9.59 Å². The van der Waals surface area contributed by atoms with Crippen molar-refractivity contribution < 1.29 is 38.1 Å². The van der Waals surface area contributed by atoms with E-state index in [-0.39, 0.29) is 11.8 Å². The van der Waals surface area contributed by atoms with E-state index in [4.69, 9.17) is 18.9 Å². The highest BCUT2D eigenvalue weighted by atomic mass is 16.6. The predicted octanol–water partition coefficient (Wildman–Crippen LogP) is 2.19. The van der Waals surface area contributed by atoms with Crippen LogP contribution >= 0.6 is 0 Å². The van der Waals surface area contributed by atoms with Crippen molar-refractivity contribution in [2.24, 2.45) is 23.7 Å². The molecule has 2 bridgehead atoms. The molecule has 0 N–H and O–H groups in total. The molecule has 2 aliphatic rings. The minimum Gasteiger partial charge on any atom is -0.457 e. The smallest absolute Gasteiger partial charge is 0.344 e. The van der Waals surface area contributed by atoms with Gasteiger partial charge in [0.15, 0.2) is 13.2 Å². The van der Waals surface area contributed by atoms with Crippen molar-refractivity contribution in [3.05, 3.63) is 12.2 Å². The lowest BCUT2D eigenvalue weighted by Crippen LogP contribution is -2.37. The average molecular weight is 410 g/mol. The summed E-state index contributed by atoms with van der Waals surface area (Å²) in [5, 5.41) is 0. The number of allylic oxidation sites excluding steroid dienone is 2. The van der Waals surface area contributed by atoms with Crippen LogP contribution in [0.4, 0.5) is 0 Å². The highest BCUT2D eigenvalue weighted by molar-refractivity contribution is 5.86. The fourth-order valence-electron chi connectivity index (χ4n) is 3.66. The lowest BCUT2D eigenvalue weighted by atomic mass is 9.83. The number of carbonyl (C=O) groups excluding carboxylic acids is 4. The number of rotatable bonds is 6. The Labute approximate surface area is 170 Å². The Balaban J connectivity index is 1.94. The van der Waals surface area contributed by atoms with E-state index in [9.17, 15) is 19.2 Å². The molecular weight excluding hydrogens is 380 g/mol. The summed E-state index contributed by atoms with van der Waals surface area (Å²) >= 11 is 0. The summed E-state index contributed by atoms with van der Waals surface area (Å²) in [6, 6.07) is 0. The van der Waals surface area contributed by atoms with Gasteiger partial charge in [0, 0.05) is 0 Å². The van der Waals surface area contributed by atoms with E-state index in [2.05, 4.69) is 0 Å². The minimum absolute atomic E-state index is 0.162. The summed E-state index contributed by atoms with van der Waals surface area (Å²) in [5.74, 6) is -4.44. The van der Waals surface area contributed by atoms with E-state index in [1.807, 2.05) is 12.2 Å². The van der Waals surface area contributed by atoms with Crippen molar-refractivity contribution in [3.63, 3.8) is 0 Å². The fraction of sp³-hybridized carbons (Fsp3) is 0.714. The number of hydrogen-bond donors (Lipinski definition) is 0. The summed E-state index contributed by atoms with van der Waals surface area (Å²) in [4.78, 5) is 48.7. The molecule has 0 amide bonds. The first kappa shape index (κ1) is 22.9. The van der Waals surface area contributed by atoms with E-state index in [0.29, 0.717) is 6.42 Å². The molecule has 8 heteroatoms.